The molecule has 10 atom stereocenters. The first-order valence-electron chi connectivity index (χ1n) is 12.7. The normalized spacial score (nSPS) is 42.9. The van der Waals surface area contributed by atoms with Gasteiger partial charge in [-0.3, -0.25) is 0 Å². The van der Waals surface area contributed by atoms with Crippen molar-refractivity contribution in [3.63, 3.8) is 0 Å². The summed E-state index contributed by atoms with van der Waals surface area (Å²) in [5.74, 6) is 2.19. The van der Waals surface area contributed by atoms with Crippen molar-refractivity contribution in [3.05, 3.63) is 0 Å². The lowest BCUT2D eigenvalue weighted by atomic mass is 9.70. The van der Waals surface area contributed by atoms with Crippen LogP contribution in [0.15, 0.2) is 0 Å². The fraction of sp³-hybridized carbons (Fsp3) is 1.00. The van der Waals surface area contributed by atoms with E-state index in [0.29, 0.717) is 29.6 Å². The first kappa shape index (κ1) is 25.4. The van der Waals surface area contributed by atoms with Gasteiger partial charge in [-0.05, 0) is 36.0 Å². The van der Waals surface area contributed by atoms with Gasteiger partial charge in [0.25, 0.3) is 0 Å². The van der Waals surface area contributed by atoms with Gasteiger partial charge in [0.2, 0.25) is 0 Å². The van der Waals surface area contributed by atoms with Gasteiger partial charge in [-0.1, -0.05) is 48.5 Å². The molecule has 5 heteroatoms. The average Bonchev–Trinajstić information content (AvgIpc) is 3.12. The summed E-state index contributed by atoms with van der Waals surface area (Å²) in [7, 11) is 3.57. The maximum absolute atomic E-state index is 6.89. The van der Waals surface area contributed by atoms with Crippen LogP contribution in [-0.4, -0.2) is 56.6 Å². The molecular formula is C26H48O5. The molecule has 0 saturated carbocycles. The summed E-state index contributed by atoms with van der Waals surface area (Å²) in [6.45, 7) is 16.1. The SMILES string of the molecule is CCC(CC(OC)C1CC2OC3(CC(C)C2O1)CC(C)C(C(C)C)C(C(C)C)O3)OC. The minimum atomic E-state index is -0.473. The third-order valence-electron chi connectivity index (χ3n) is 8.17. The van der Waals surface area contributed by atoms with Crippen LogP contribution in [0, 0.1) is 29.6 Å². The maximum atomic E-state index is 6.89. The molecule has 0 aromatic rings. The molecule has 3 fully saturated rings. The highest BCUT2D eigenvalue weighted by molar-refractivity contribution is 5.00. The molecule has 3 aliphatic rings. The molecule has 1 spiro atoms. The van der Waals surface area contributed by atoms with Crippen LogP contribution in [0.5, 0.6) is 0 Å². The average molecular weight is 441 g/mol. The number of rotatable bonds is 8. The highest BCUT2D eigenvalue weighted by Crippen LogP contribution is 2.51. The summed E-state index contributed by atoms with van der Waals surface area (Å²) in [5, 5.41) is 0. The molecule has 0 aromatic carbocycles. The van der Waals surface area contributed by atoms with Crippen molar-refractivity contribution in [2.45, 2.75) is 123 Å². The first-order chi connectivity index (χ1) is 14.6. The topological polar surface area (TPSA) is 46.2 Å². The number of ether oxygens (including phenoxy) is 5. The predicted octanol–water partition coefficient (Wildman–Crippen LogP) is 5.45. The molecule has 3 aliphatic heterocycles. The minimum Gasteiger partial charge on any atom is -0.381 e. The molecule has 3 saturated heterocycles. The molecule has 182 valence electrons. The molecule has 31 heavy (non-hydrogen) atoms. The number of hydrogen-bond acceptors (Lipinski definition) is 5. The lowest BCUT2D eigenvalue weighted by molar-refractivity contribution is -0.355. The highest BCUT2D eigenvalue weighted by Gasteiger charge is 2.56. The zero-order chi connectivity index (χ0) is 22.9. The predicted molar refractivity (Wildman–Crippen MR) is 123 cm³/mol. The van der Waals surface area contributed by atoms with Gasteiger partial charge in [0, 0.05) is 39.9 Å². The minimum absolute atomic E-state index is 0.0298. The molecular weight excluding hydrogens is 392 g/mol. The van der Waals surface area contributed by atoms with E-state index in [9.17, 15) is 0 Å². The highest BCUT2D eigenvalue weighted by atomic mass is 16.7. The zero-order valence-electron chi connectivity index (χ0n) is 21.4. The standard InChI is InChI=1S/C26H48O5/c1-10-19(27-8)11-20(28-9)21-12-22-25(29-21)18(7)14-26(30-22)13-17(6)23(15(2)3)24(31-26)16(4)5/h15-25H,10-14H2,1-9H3. The molecule has 0 amide bonds. The second-order valence-corrected chi connectivity index (χ2v) is 11.2. The second kappa shape index (κ2) is 10.4. The van der Waals surface area contributed by atoms with Crippen LogP contribution in [0.3, 0.4) is 0 Å². The molecule has 10 unspecified atom stereocenters. The summed E-state index contributed by atoms with van der Waals surface area (Å²) in [6, 6.07) is 0. The van der Waals surface area contributed by atoms with Gasteiger partial charge >= 0.3 is 0 Å². The van der Waals surface area contributed by atoms with Gasteiger partial charge < -0.3 is 23.7 Å². The van der Waals surface area contributed by atoms with Gasteiger partial charge in [-0.2, -0.15) is 0 Å². The summed E-state index contributed by atoms with van der Waals surface area (Å²) in [4.78, 5) is 0. The zero-order valence-corrected chi connectivity index (χ0v) is 21.4. The van der Waals surface area contributed by atoms with Gasteiger partial charge in [-0.25, -0.2) is 0 Å². The monoisotopic (exact) mass is 440 g/mol. The Balaban J connectivity index is 1.74. The Morgan fingerprint density at radius 3 is 2.16 bits per heavy atom. The molecule has 0 N–H and O–H groups in total. The van der Waals surface area contributed by atoms with Crippen molar-refractivity contribution in [2.75, 3.05) is 14.2 Å². The van der Waals surface area contributed by atoms with Crippen molar-refractivity contribution in [3.8, 4) is 0 Å². The Morgan fingerprint density at radius 2 is 1.61 bits per heavy atom. The third kappa shape index (κ3) is 5.32. The summed E-state index contributed by atoms with van der Waals surface area (Å²) in [6.07, 6.45) is 5.30. The second-order valence-electron chi connectivity index (χ2n) is 11.2. The van der Waals surface area contributed by atoms with E-state index in [2.05, 4.69) is 48.5 Å². The van der Waals surface area contributed by atoms with Gasteiger partial charge in [0.05, 0.1) is 36.6 Å². The molecule has 3 rings (SSSR count). The van der Waals surface area contributed by atoms with Crippen molar-refractivity contribution in [1.82, 2.24) is 0 Å². The fourth-order valence-electron chi connectivity index (χ4n) is 6.73. The van der Waals surface area contributed by atoms with Crippen LogP contribution in [0.25, 0.3) is 0 Å². The van der Waals surface area contributed by atoms with Gasteiger partial charge in [0.1, 0.15) is 0 Å². The number of hydrogen-bond donors (Lipinski definition) is 0. The van der Waals surface area contributed by atoms with Crippen molar-refractivity contribution < 1.29 is 23.7 Å². The lowest BCUT2D eigenvalue weighted by Gasteiger charge is -2.54. The van der Waals surface area contributed by atoms with Crippen LogP contribution < -0.4 is 0 Å². The van der Waals surface area contributed by atoms with E-state index in [4.69, 9.17) is 23.7 Å². The fourth-order valence-corrected chi connectivity index (χ4v) is 6.73. The van der Waals surface area contributed by atoms with E-state index in [0.717, 1.165) is 32.1 Å². The Bertz CT molecular complexity index is 562. The molecule has 3 heterocycles. The molecule has 5 nitrogen and oxygen atoms in total. The van der Waals surface area contributed by atoms with Gasteiger partial charge in [0.15, 0.2) is 5.79 Å². The molecule has 0 bridgehead atoms. The Morgan fingerprint density at radius 1 is 0.935 bits per heavy atom. The lowest BCUT2D eigenvalue weighted by Crippen LogP contribution is -2.59. The van der Waals surface area contributed by atoms with Crippen LogP contribution in [0.1, 0.15) is 80.6 Å². The largest absolute Gasteiger partial charge is 0.381 e. The summed E-state index contributed by atoms with van der Waals surface area (Å²) >= 11 is 0. The van der Waals surface area contributed by atoms with Crippen molar-refractivity contribution >= 4 is 0 Å². The smallest absolute Gasteiger partial charge is 0.169 e. The van der Waals surface area contributed by atoms with E-state index in [1.54, 1.807) is 14.2 Å². The van der Waals surface area contributed by atoms with Crippen LogP contribution >= 0.6 is 0 Å². The number of fused-ring (bicyclic) bond motifs is 1. The molecule has 0 aliphatic carbocycles. The third-order valence-corrected chi connectivity index (χ3v) is 8.17. The van der Waals surface area contributed by atoms with E-state index < -0.39 is 5.79 Å². The van der Waals surface area contributed by atoms with Crippen LogP contribution in [0.2, 0.25) is 0 Å². The summed E-state index contributed by atoms with van der Waals surface area (Å²) < 4.78 is 31.8. The van der Waals surface area contributed by atoms with E-state index in [1.807, 2.05) is 0 Å². The first-order valence-corrected chi connectivity index (χ1v) is 12.7. The Labute approximate surface area is 190 Å². The van der Waals surface area contributed by atoms with E-state index >= 15 is 0 Å². The number of methoxy groups -OCH3 is 2. The molecule has 0 radical (unpaired) electrons. The van der Waals surface area contributed by atoms with Gasteiger partial charge in [-0.15, -0.1) is 0 Å². The Hall–Kier alpha value is -0.200. The van der Waals surface area contributed by atoms with E-state index in [-0.39, 0.29) is 36.6 Å². The van der Waals surface area contributed by atoms with Crippen LogP contribution in [-0.2, 0) is 23.7 Å². The summed E-state index contributed by atoms with van der Waals surface area (Å²) in [5.41, 5.74) is 0. The van der Waals surface area contributed by atoms with Crippen molar-refractivity contribution in [2.24, 2.45) is 29.6 Å². The quantitative estimate of drug-likeness (QED) is 0.502. The Kier molecular flexibility index (Phi) is 8.51. The van der Waals surface area contributed by atoms with Crippen molar-refractivity contribution in [1.29, 1.82) is 0 Å². The maximum Gasteiger partial charge on any atom is 0.169 e. The molecule has 0 aromatic heterocycles. The van der Waals surface area contributed by atoms with Crippen LogP contribution in [0.4, 0.5) is 0 Å². The van der Waals surface area contributed by atoms with E-state index in [1.165, 1.54) is 0 Å².